The highest BCUT2D eigenvalue weighted by Gasteiger charge is 2.33. The van der Waals surface area contributed by atoms with E-state index in [1.54, 1.807) is 18.2 Å². The minimum Gasteiger partial charge on any atom is -0.483 e. The topological polar surface area (TPSA) is 67.9 Å². The summed E-state index contributed by atoms with van der Waals surface area (Å²) in [5, 5.41) is 3.24. The lowest BCUT2D eigenvalue weighted by molar-refractivity contribution is -0.128. The molecular formula is C22H25ClN2O4. The first-order valence-electron chi connectivity index (χ1n) is 9.52. The quantitative estimate of drug-likeness (QED) is 0.807. The Hall–Kier alpha value is -2.73. The van der Waals surface area contributed by atoms with Gasteiger partial charge >= 0.3 is 0 Å². The first-order valence-corrected chi connectivity index (χ1v) is 9.90. The van der Waals surface area contributed by atoms with Crippen LogP contribution in [0.25, 0.3) is 0 Å². The van der Waals surface area contributed by atoms with E-state index in [0.717, 1.165) is 11.1 Å². The van der Waals surface area contributed by atoms with Gasteiger partial charge in [0.25, 0.3) is 11.8 Å². The highest BCUT2D eigenvalue weighted by Crippen LogP contribution is 2.34. The van der Waals surface area contributed by atoms with Gasteiger partial charge < -0.3 is 19.7 Å². The molecule has 0 saturated heterocycles. The van der Waals surface area contributed by atoms with Crippen LogP contribution in [0, 0.1) is 6.92 Å². The van der Waals surface area contributed by atoms with Crippen molar-refractivity contribution in [2.45, 2.75) is 32.8 Å². The van der Waals surface area contributed by atoms with Crippen LogP contribution in [0.3, 0.4) is 0 Å². The van der Waals surface area contributed by atoms with Crippen molar-refractivity contribution in [2.24, 2.45) is 0 Å². The molecule has 2 aromatic carbocycles. The van der Waals surface area contributed by atoms with Crippen LogP contribution in [0.5, 0.6) is 11.5 Å². The third-order valence-corrected chi connectivity index (χ3v) is 5.28. The Labute approximate surface area is 175 Å². The Balaban J connectivity index is 1.82. The van der Waals surface area contributed by atoms with E-state index in [9.17, 15) is 9.59 Å². The van der Waals surface area contributed by atoms with Crippen molar-refractivity contribution in [3.8, 4) is 11.5 Å². The fourth-order valence-electron chi connectivity index (χ4n) is 3.23. The van der Waals surface area contributed by atoms with Gasteiger partial charge in [-0.25, -0.2) is 0 Å². The van der Waals surface area contributed by atoms with Gasteiger partial charge in [0.05, 0.1) is 12.2 Å². The van der Waals surface area contributed by atoms with Gasteiger partial charge in [0.1, 0.15) is 11.5 Å². The maximum absolute atomic E-state index is 13.0. The standard InChI is InChI=1S/C22H25ClN2O4/c1-13(2)15-10-16(23)14(3)9-19(15)28-12-21(26)25-11-20(22(27)24-4)29-18-8-6-5-7-17(18)25/h5-10,13,20H,11-12H2,1-4H3,(H,24,27). The highest BCUT2D eigenvalue weighted by molar-refractivity contribution is 6.31. The van der Waals surface area contributed by atoms with Gasteiger partial charge in [-0.15, -0.1) is 0 Å². The van der Waals surface area contributed by atoms with E-state index in [4.69, 9.17) is 21.1 Å². The zero-order valence-electron chi connectivity index (χ0n) is 17.0. The van der Waals surface area contributed by atoms with Gasteiger partial charge in [-0.3, -0.25) is 9.59 Å². The number of amides is 2. The van der Waals surface area contributed by atoms with Crippen molar-refractivity contribution in [3.05, 3.63) is 52.5 Å². The van der Waals surface area contributed by atoms with E-state index in [0.29, 0.717) is 22.2 Å². The van der Waals surface area contributed by atoms with Crippen LogP contribution in [0.2, 0.25) is 5.02 Å². The first-order chi connectivity index (χ1) is 13.8. The van der Waals surface area contributed by atoms with Crippen LogP contribution in [0.15, 0.2) is 36.4 Å². The molecule has 29 heavy (non-hydrogen) atoms. The van der Waals surface area contributed by atoms with Crippen LogP contribution >= 0.6 is 11.6 Å². The fraction of sp³-hybridized carbons (Fsp3) is 0.364. The van der Waals surface area contributed by atoms with Crippen LogP contribution in [-0.2, 0) is 9.59 Å². The van der Waals surface area contributed by atoms with Crippen molar-refractivity contribution in [2.75, 3.05) is 25.1 Å². The molecule has 1 heterocycles. The SMILES string of the molecule is CNC(=O)C1CN(C(=O)COc2cc(C)c(Cl)cc2C(C)C)c2ccccc2O1. The average Bonchev–Trinajstić information content (AvgIpc) is 2.72. The molecule has 1 unspecified atom stereocenters. The molecule has 0 radical (unpaired) electrons. The van der Waals surface area contributed by atoms with E-state index >= 15 is 0 Å². The van der Waals surface area contributed by atoms with Crippen LogP contribution in [0.1, 0.15) is 30.9 Å². The van der Waals surface area contributed by atoms with Gasteiger partial charge in [-0.1, -0.05) is 37.6 Å². The molecule has 7 heteroatoms. The summed E-state index contributed by atoms with van der Waals surface area (Å²) in [6.45, 7) is 5.95. The molecule has 1 atom stereocenters. The Morgan fingerprint density at radius 1 is 1.31 bits per heavy atom. The Morgan fingerprint density at radius 3 is 2.72 bits per heavy atom. The van der Waals surface area contributed by atoms with Gasteiger partial charge in [-0.2, -0.15) is 0 Å². The molecule has 0 fully saturated rings. The summed E-state index contributed by atoms with van der Waals surface area (Å²) >= 11 is 6.25. The summed E-state index contributed by atoms with van der Waals surface area (Å²) in [4.78, 5) is 26.6. The van der Waals surface area contributed by atoms with Crippen LogP contribution in [0.4, 0.5) is 5.69 Å². The number of anilines is 1. The Kier molecular flexibility index (Phi) is 6.33. The average molecular weight is 417 g/mol. The molecule has 1 aliphatic heterocycles. The molecule has 1 aliphatic rings. The van der Waals surface area contributed by atoms with E-state index in [1.807, 2.05) is 39.0 Å². The zero-order chi connectivity index (χ0) is 21.1. The minimum absolute atomic E-state index is 0.121. The number of ether oxygens (including phenoxy) is 2. The predicted molar refractivity (Wildman–Crippen MR) is 113 cm³/mol. The maximum atomic E-state index is 13.0. The Bertz CT molecular complexity index is 929. The largest absolute Gasteiger partial charge is 0.483 e. The summed E-state index contributed by atoms with van der Waals surface area (Å²) < 4.78 is 11.6. The fourth-order valence-corrected chi connectivity index (χ4v) is 3.40. The number of fused-ring (bicyclic) bond motifs is 1. The highest BCUT2D eigenvalue weighted by atomic mass is 35.5. The summed E-state index contributed by atoms with van der Waals surface area (Å²) in [6.07, 6.45) is -0.775. The van der Waals surface area contributed by atoms with Crippen LogP contribution < -0.4 is 19.7 Å². The Morgan fingerprint density at radius 2 is 2.03 bits per heavy atom. The molecule has 1 N–H and O–H groups in total. The number of hydrogen-bond donors (Lipinski definition) is 1. The number of nitrogens with one attached hydrogen (secondary N) is 1. The summed E-state index contributed by atoms with van der Waals surface area (Å²) in [5.74, 6) is 0.788. The van der Waals surface area contributed by atoms with Gasteiger partial charge in [0.2, 0.25) is 0 Å². The molecule has 2 aromatic rings. The number of nitrogens with zero attached hydrogens (tertiary/aromatic N) is 1. The molecule has 0 aromatic heterocycles. The third kappa shape index (κ3) is 4.48. The lowest BCUT2D eigenvalue weighted by atomic mass is 10.0. The lowest BCUT2D eigenvalue weighted by Gasteiger charge is -2.34. The number of aryl methyl sites for hydroxylation is 1. The maximum Gasteiger partial charge on any atom is 0.265 e. The number of carbonyl (C=O) groups excluding carboxylic acids is 2. The van der Waals surface area contributed by atoms with Crippen molar-refractivity contribution in [3.63, 3.8) is 0 Å². The monoisotopic (exact) mass is 416 g/mol. The number of para-hydroxylation sites is 2. The first kappa shape index (κ1) is 21.0. The minimum atomic E-state index is -0.775. The zero-order valence-corrected chi connectivity index (χ0v) is 17.7. The molecule has 0 saturated carbocycles. The number of likely N-dealkylation sites (N-methyl/N-ethyl adjacent to an activating group) is 1. The number of hydrogen-bond acceptors (Lipinski definition) is 4. The summed E-state index contributed by atoms with van der Waals surface area (Å²) in [7, 11) is 1.54. The molecule has 154 valence electrons. The van der Waals surface area contributed by atoms with Crippen molar-refractivity contribution < 1.29 is 19.1 Å². The van der Waals surface area contributed by atoms with E-state index in [2.05, 4.69) is 5.32 Å². The molecule has 3 rings (SSSR count). The number of halogens is 1. The van der Waals surface area contributed by atoms with Gasteiger partial charge in [-0.05, 0) is 48.2 Å². The molecule has 6 nitrogen and oxygen atoms in total. The number of benzene rings is 2. The second kappa shape index (κ2) is 8.74. The second-order valence-electron chi connectivity index (χ2n) is 7.28. The molecule has 0 spiro atoms. The van der Waals surface area contributed by atoms with Crippen molar-refractivity contribution in [1.82, 2.24) is 5.32 Å². The smallest absolute Gasteiger partial charge is 0.265 e. The molecule has 0 aliphatic carbocycles. The van der Waals surface area contributed by atoms with E-state index in [-0.39, 0.29) is 30.9 Å². The summed E-state index contributed by atoms with van der Waals surface area (Å²) in [6, 6.07) is 10.9. The normalized spacial score (nSPS) is 15.5. The number of carbonyl (C=O) groups is 2. The second-order valence-corrected chi connectivity index (χ2v) is 7.68. The van der Waals surface area contributed by atoms with Gasteiger partial charge in [0.15, 0.2) is 12.7 Å². The van der Waals surface area contributed by atoms with E-state index < -0.39 is 6.10 Å². The number of rotatable bonds is 5. The van der Waals surface area contributed by atoms with E-state index in [1.165, 1.54) is 11.9 Å². The molecule has 0 bridgehead atoms. The molecule has 2 amide bonds. The lowest BCUT2D eigenvalue weighted by Crippen LogP contribution is -2.51. The third-order valence-electron chi connectivity index (χ3n) is 4.88. The predicted octanol–water partition coefficient (Wildman–Crippen LogP) is 3.69. The molecular weight excluding hydrogens is 392 g/mol. The van der Waals surface area contributed by atoms with Crippen molar-refractivity contribution >= 4 is 29.1 Å². The van der Waals surface area contributed by atoms with Gasteiger partial charge in [0, 0.05) is 12.1 Å². The van der Waals surface area contributed by atoms with Crippen LogP contribution in [-0.4, -0.2) is 38.1 Å². The van der Waals surface area contributed by atoms with Crippen molar-refractivity contribution in [1.29, 1.82) is 0 Å². The summed E-state index contributed by atoms with van der Waals surface area (Å²) in [5.41, 5.74) is 2.45.